The lowest BCUT2D eigenvalue weighted by Crippen LogP contribution is -1.97. The first-order valence-corrected chi connectivity index (χ1v) is 3.55. The first-order valence-electron chi connectivity index (χ1n) is 2.30. The molecule has 1 heterocycles. The van der Waals surface area contributed by atoms with Crippen LogP contribution in [0.2, 0.25) is 0 Å². The topological polar surface area (TPSA) is 26.3 Å². The average Bonchev–Trinajstić information content (AvgIpc) is 2.14. The molecule has 1 aliphatic heterocycles. The van der Waals surface area contributed by atoms with Crippen molar-refractivity contribution in [2.45, 2.75) is 0 Å². The summed E-state index contributed by atoms with van der Waals surface area (Å²) in [7, 11) is 0. The van der Waals surface area contributed by atoms with Crippen molar-refractivity contribution in [3.8, 4) is 12.3 Å². The number of rotatable bonds is 0. The van der Waals surface area contributed by atoms with Gasteiger partial charge in [-0.2, -0.15) is 0 Å². The minimum atomic E-state index is -1.10. The van der Waals surface area contributed by atoms with E-state index in [1.165, 1.54) is 0 Å². The zero-order valence-electron chi connectivity index (χ0n) is 4.29. The van der Waals surface area contributed by atoms with Crippen LogP contribution in [-0.2, 0) is 15.3 Å². The van der Waals surface area contributed by atoms with Crippen molar-refractivity contribution in [3.05, 3.63) is 0 Å². The van der Waals surface area contributed by atoms with Crippen molar-refractivity contribution in [1.82, 2.24) is 0 Å². The Morgan fingerprint density at radius 1 is 1.88 bits per heavy atom. The maximum atomic E-state index is 10.4. The van der Waals surface area contributed by atoms with Crippen LogP contribution in [0.3, 0.4) is 0 Å². The van der Waals surface area contributed by atoms with E-state index < -0.39 is 11.1 Å². The summed E-state index contributed by atoms with van der Waals surface area (Å²) in [6.45, 7) is 0.461. The molecule has 2 atom stereocenters. The Bertz CT molecular complexity index is 147. The average molecular weight is 130 g/mol. The molecule has 0 saturated carbocycles. The van der Waals surface area contributed by atoms with Gasteiger partial charge in [-0.1, -0.05) is 5.92 Å². The highest BCUT2D eigenvalue weighted by Crippen LogP contribution is 2.08. The molecule has 1 rings (SSSR count). The third-order valence-corrected chi connectivity index (χ3v) is 2.05. The van der Waals surface area contributed by atoms with E-state index in [9.17, 15) is 4.21 Å². The summed E-state index contributed by atoms with van der Waals surface area (Å²) in [5, 5.41) is 0. The summed E-state index contributed by atoms with van der Waals surface area (Å²) in [5.74, 6) is 3.07. The van der Waals surface area contributed by atoms with Gasteiger partial charge in [-0.25, -0.2) is 4.21 Å². The van der Waals surface area contributed by atoms with Crippen molar-refractivity contribution in [2.24, 2.45) is 5.92 Å². The maximum absolute atomic E-state index is 10.4. The van der Waals surface area contributed by atoms with Crippen molar-refractivity contribution < 1.29 is 8.39 Å². The maximum Gasteiger partial charge on any atom is 0.156 e. The predicted molar refractivity (Wildman–Crippen MR) is 31.3 cm³/mol. The SMILES string of the molecule is C#CC1COS(=O)C1. The monoisotopic (exact) mass is 130 g/mol. The molecular formula is C5H6O2S. The molecule has 0 radical (unpaired) electrons. The lowest BCUT2D eigenvalue weighted by Gasteiger charge is -1.86. The molecule has 0 bridgehead atoms. The standard InChI is InChI=1S/C5H6O2S/c1-2-5-3-7-8(6)4-5/h1,5H,3-4H2. The van der Waals surface area contributed by atoms with E-state index in [2.05, 4.69) is 10.1 Å². The van der Waals surface area contributed by atoms with Gasteiger partial charge in [0.05, 0.1) is 18.3 Å². The third-order valence-electron chi connectivity index (χ3n) is 0.974. The largest absolute Gasteiger partial charge is 0.289 e. The van der Waals surface area contributed by atoms with Crippen molar-refractivity contribution >= 4 is 11.1 Å². The Labute approximate surface area is 50.9 Å². The van der Waals surface area contributed by atoms with Crippen LogP contribution in [0, 0.1) is 18.3 Å². The van der Waals surface area contributed by atoms with Gasteiger partial charge in [0.15, 0.2) is 11.1 Å². The zero-order valence-corrected chi connectivity index (χ0v) is 5.11. The van der Waals surface area contributed by atoms with E-state index in [1.807, 2.05) is 0 Å². The van der Waals surface area contributed by atoms with Crippen molar-refractivity contribution in [2.75, 3.05) is 12.4 Å². The Balaban J connectivity index is 2.47. The van der Waals surface area contributed by atoms with Crippen LogP contribution >= 0.6 is 0 Å². The fraction of sp³-hybridized carbons (Fsp3) is 0.600. The second kappa shape index (κ2) is 2.29. The van der Waals surface area contributed by atoms with E-state index in [0.29, 0.717) is 12.4 Å². The first kappa shape index (κ1) is 5.80. The highest BCUT2D eigenvalue weighted by atomic mass is 32.2. The molecule has 0 aromatic rings. The Morgan fingerprint density at radius 2 is 2.62 bits per heavy atom. The van der Waals surface area contributed by atoms with Crippen LogP contribution in [0.5, 0.6) is 0 Å². The molecule has 0 N–H and O–H groups in total. The molecule has 44 valence electrons. The van der Waals surface area contributed by atoms with Crippen LogP contribution in [0.15, 0.2) is 0 Å². The minimum absolute atomic E-state index is 0.0795. The van der Waals surface area contributed by atoms with E-state index >= 15 is 0 Å². The Morgan fingerprint density at radius 3 is 2.88 bits per heavy atom. The first-order chi connectivity index (χ1) is 3.83. The number of terminal acetylenes is 1. The van der Waals surface area contributed by atoms with E-state index in [1.54, 1.807) is 0 Å². The molecule has 0 aliphatic carbocycles. The molecule has 1 saturated heterocycles. The fourth-order valence-electron chi connectivity index (χ4n) is 0.515. The molecule has 0 aromatic carbocycles. The van der Waals surface area contributed by atoms with Gasteiger partial charge in [0.1, 0.15) is 0 Å². The summed E-state index contributed by atoms with van der Waals surface area (Å²) in [5.41, 5.74) is 0. The minimum Gasteiger partial charge on any atom is -0.289 e. The second-order valence-electron chi connectivity index (χ2n) is 1.62. The van der Waals surface area contributed by atoms with Crippen LogP contribution in [0.1, 0.15) is 0 Å². The van der Waals surface area contributed by atoms with Gasteiger partial charge in [-0.05, 0) is 0 Å². The molecule has 2 unspecified atom stereocenters. The highest BCUT2D eigenvalue weighted by molar-refractivity contribution is 7.80. The summed E-state index contributed by atoms with van der Waals surface area (Å²) in [6.07, 6.45) is 5.03. The lowest BCUT2D eigenvalue weighted by molar-refractivity contribution is 0.357. The van der Waals surface area contributed by atoms with Crippen molar-refractivity contribution in [3.63, 3.8) is 0 Å². The van der Waals surface area contributed by atoms with Gasteiger partial charge in [0, 0.05) is 0 Å². The highest BCUT2D eigenvalue weighted by Gasteiger charge is 2.19. The van der Waals surface area contributed by atoms with Crippen LogP contribution in [-0.4, -0.2) is 16.6 Å². The summed E-state index contributed by atoms with van der Waals surface area (Å²) in [4.78, 5) is 0. The van der Waals surface area contributed by atoms with E-state index in [-0.39, 0.29) is 5.92 Å². The number of hydrogen-bond acceptors (Lipinski definition) is 2. The molecule has 1 aliphatic rings. The van der Waals surface area contributed by atoms with E-state index in [0.717, 1.165) is 0 Å². The smallest absolute Gasteiger partial charge is 0.156 e. The van der Waals surface area contributed by atoms with Gasteiger partial charge >= 0.3 is 0 Å². The van der Waals surface area contributed by atoms with Gasteiger partial charge in [0.2, 0.25) is 0 Å². The molecular weight excluding hydrogens is 124 g/mol. The summed E-state index contributed by atoms with van der Waals surface area (Å²) >= 11 is -1.10. The molecule has 2 nitrogen and oxygen atoms in total. The second-order valence-corrected chi connectivity index (χ2v) is 2.80. The lowest BCUT2D eigenvalue weighted by atomic mass is 10.2. The molecule has 0 aromatic heterocycles. The van der Waals surface area contributed by atoms with Crippen LogP contribution in [0.25, 0.3) is 0 Å². The molecule has 3 heteroatoms. The quantitative estimate of drug-likeness (QED) is 0.429. The fourth-order valence-corrected chi connectivity index (χ4v) is 1.45. The molecule has 0 amide bonds. The summed E-state index contributed by atoms with van der Waals surface area (Å²) < 4.78 is 15.1. The summed E-state index contributed by atoms with van der Waals surface area (Å²) in [6, 6.07) is 0. The molecule has 0 spiro atoms. The van der Waals surface area contributed by atoms with Crippen LogP contribution in [0.4, 0.5) is 0 Å². The van der Waals surface area contributed by atoms with Crippen molar-refractivity contribution in [1.29, 1.82) is 0 Å². The van der Waals surface area contributed by atoms with E-state index in [4.69, 9.17) is 6.42 Å². The Hall–Kier alpha value is -0.330. The van der Waals surface area contributed by atoms with Gasteiger partial charge in [-0.15, -0.1) is 6.42 Å². The molecule has 8 heavy (non-hydrogen) atoms. The van der Waals surface area contributed by atoms with Gasteiger partial charge in [0.25, 0.3) is 0 Å². The Kier molecular flexibility index (Phi) is 1.66. The third kappa shape index (κ3) is 1.09. The van der Waals surface area contributed by atoms with Gasteiger partial charge < -0.3 is 0 Å². The zero-order chi connectivity index (χ0) is 5.98. The van der Waals surface area contributed by atoms with Crippen LogP contribution < -0.4 is 0 Å². The predicted octanol–water partition coefficient (Wildman–Crippen LogP) is -0.0703. The van der Waals surface area contributed by atoms with Gasteiger partial charge in [-0.3, -0.25) is 4.18 Å². The normalized spacial score (nSPS) is 36.9. The molecule has 1 fully saturated rings. The number of hydrogen-bond donors (Lipinski definition) is 0.